The highest BCUT2D eigenvalue weighted by Crippen LogP contribution is 2.27. The zero-order valence-electron chi connectivity index (χ0n) is 16.8. The Bertz CT molecular complexity index is 1500. The van der Waals surface area contributed by atoms with Crippen molar-refractivity contribution in [3.05, 3.63) is 92.7 Å². The molecule has 0 aliphatic heterocycles. The van der Waals surface area contributed by atoms with Crippen LogP contribution in [0, 0.1) is 13.8 Å². The monoisotopic (exact) mass is 472 g/mol. The molecule has 0 aliphatic rings. The lowest BCUT2D eigenvalue weighted by Crippen LogP contribution is -2.22. The van der Waals surface area contributed by atoms with Crippen LogP contribution in [-0.4, -0.2) is 19.9 Å². The van der Waals surface area contributed by atoms with Crippen LogP contribution in [0.1, 0.15) is 11.1 Å². The zero-order chi connectivity index (χ0) is 21.5. The molecular formula is C24H17BrN4O2. The number of hydrogen-bond acceptors (Lipinski definition) is 5. The van der Waals surface area contributed by atoms with Gasteiger partial charge in [0.25, 0.3) is 11.4 Å². The number of nitrogens with zero attached hydrogens (tertiary/aromatic N) is 4. The normalized spacial score (nSPS) is 11.2. The topological polar surface area (TPSA) is 73.8 Å². The summed E-state index contributed by atoms with van der Waals surface area (Å²) in [5.41, 5.74) is 3.99. The lowest BCUT2D eigenvalue weighted by atomic mass is 10.1. The average molecular weight is 473 g/mol. The smallest absolute Gasteiger partial charge is 0.279 e. The van der Waals surface area contributed by atoms with E-state index >= 15 is 0 Å². The van der Waals surface area contributed by atoms with Crippen LogP contribution >= 0.6 is 15.9 Å². The second kappa shape index (κ2) is 7.59. The van der Waals surface area contributed by atoms with Crippen LogP contribution in [0.5, 0.6) is 0 Å². The Hall–Kier alpha value is -3.58. The first kappa shape index (κ1) is 19.4. The maximum atomic E-state index is 13.2. The van der Waals surface area contributed by atoms with Gasteiger partial charge in [0, 0.05) is 15.4 Å². The van der Waals surface area contributed by atoms with Gasteiger partial charge in [0.1, 0.15) is 0 Å². The Morgan fingerprint density at radius 3 is 2.48 bits per heavy atom. The first-order valence-electron chi connectivity index (χ1n) is 9.71. The van der Waals surface area contributed by atoms with E-state index in [9.17, 15) is 4.79 Å². The van der Waals surface area contributed by atoms with Gasteiger partial charge < -0.3 is 4.52 Å². The molecule has 0 fully saturated rings. The summed E-state index contributed by atoms with van der Waals surface area (Å²) < 4.78 is 7.89. The van der Waals surface area contributed by atoms with Crippen molar-refractivity contribution in [2.45, 2.75) is 13.8 Å². The minimum atomic E-state index is -0.200. The number of halogens is 1. The van der Waals surface area contributed by atoms with Crippen LogP contribution in [0.2, 0.25) is 0 Å². The van der Waals surface area contributed by atoms with Gasteiger partial charge in [0.15, 0.2) is 5.69 Å². The largest absolute Gasteiger partial charge is 0.332 e. The summed E-state index contributed by atoms with van der Waals surface area (Å²) in [6.07, 6.45) is 0. The Labute approximate surface area is 186 Å². The van der Waals surface area contributed by atoms with Crippen LogP contribution in [0.4, 0.5) is 0 Å². The van der Waals surface area contributed by atoms with E-state index in [2.05, 4.69) is 31.2 Å². The van der Waals surface area contributed by atoms with Crippen LogP contribution in [0.3, 0.4) is 0 Å². The molecule has 6 nitrogen and oxygen atoms in total. The molecule has 0 saturated carbocycles. The first-order valence-corrected chi connectivity index (χ1v) is 10.5. The van der Waals surface area contributed by atoms with E-state index in [-0.39, 0.29) is 11.4 Å². The van der Waals surface area contributed by atoms with Gasteiger partial charge in [-0.3, -0.25) is 4.79 Å². The van der Waals surface area contributed by atoms with Gasteiger partial charge >= 0.3 is 0 Å². The molecule has 2 aromatic heterocycles. The summed E-state index contributed by atoms with van der Waals surface area (Å²) >= 11 is 3.46. The van der Waals surface area contributed by atoms with Crippen LogP contribution < -0.4 is 5.56 Å². The van der Waals surface area contributed by atoms with E-state index in [1.807, 2.05) is 74.5 Å². The lowest BCUT2D eigenvalue weighted by molar-refractivity contribution is 0.430. The van der Waals surface area contributed by atoms with E-state index in [1.165, 1.54) is 4.68 Å². The van der Waals surface area contributed by atoms with Crippen molar-refractivity contribution in [2.24, 2.45) is 0 Å². The molecule has 152 valence electrons. The molecule has 0 spiro atoms. The van der Waals surface area contributed by atoms with E-state index < -0.39 is 0 Å². The molecule has 0 amide bonds. The molecule has 0 saturated heterocycles. The average Bonchev–Trinajstić information content (AvgIpc) is 3.26. The van der Waals surface area contributed by atoms with Gasteiger partial charge in [-0.15, -0.1) is 0 Å². The van der Waals surface area contributed by atoms with E-state index in [1.54, 1.807) is 6.07 Å². The van der Waals surface area contributed by atoms with Crippen molar-refractivity contribution >= 4 is 26.7 Å². The van der Waals surface area contributed by atoms with Crippen molar-refractivity contribution in [1.29, 1.82) is 0 Å². The second-order valence-electron chi connectivity index (χ2n) is 7.31. The number of rotatable bonds is 3. The summed E-state index contributed by atoms with van der Waals surface area (Å²) in [5, 5.41) is 9.96. The van der Waals surface area contributed by atoms with Crippen molar-refractivity contribution in [2.75, 3.05) is 0 Å². The van der Waals surface area contributed by atoms with Crippen molar-refractivity contribution in [3.63, 3.8) is 0 Å². The van der Waals surface area contributed by atoms with E-state index in [4.69, 9.17) is 4.52 Å². The minimum Gasteiger partial charge on any atom is -0.332 e. The third-order valence-electron chi connectivity index (χ3n) is 5.25. The van der Waals surface area contributed by atoms with Gasteiger partial charge in [-0.05, 0) is 55.3 Å². The summed E-state index contributed by atoms with van der Waals surface area (Å²) in [6, 6.07) is 20.8. The molecule has 31 heavy (non-hydrogen) atoms. The quantitative estimate of drug-likeness (QED) is 0.347. The maximum absolute atomic E-state index is 13.2. The predicted molar refractivity (Wildman–Crippen MR) is 123 cm³/mol. The molecule has 0 bridgehead atoms. The number of hydrogen-bond donors (Lipinski definition) is 0. The van der Waals surface area contributed by atoms with Gasteiger partial charge in [0.05, 0.1) is 11.1 Å². The van der Waals surface area contributed by atoms with Crippen LogP contribution in [0.25, 0.3) is 39.4 Å². The predicted octanol–water partition coefficient (Wildman–Crippen LogP) is 5.48. The molecular weight excluding hydrogens is 456 g/mol. The summed E-state index contributed by atoms with van der Waals surface area (Å²) in [5.74, 6) is 0.704. The maximum Gasteiger partial charge on any atom is 0.279 e. The number of benzene rings is 3. The van der Waals surface area contributed by atoms with E-state index in [0.717, 1.165) is 21.2 Å². The Balaban J connectivity index is 1.73. The third kappa shape index (κ3) is 3.47. The Morgan fingerprint density at radius 1 is 0.903 bits per heavy atom. The molecule has 0 aliphatic carbocycles. The molecule has 5 rings (SSSR count). The van der Waals surface area contributed by atoms with Gasteiger partial charge in [0.2, 0.25) is 5.82 Å². The van der Waals surface area contributed by atoms with Crippen molar-refractivity contribution in [1.82, 2.24) is 19.9 Å². The zero-order valence-corrected chi connectivity index (χ0v) is 18.4. The molecule has 0 unspecified atom stereocenters. The summed E-state index contributed by atoms with van der Waals surface area (Å²) in [4.78, 5) is 17.8. The Morgan fingerprint density at radius 2 is 1.71 bits per heavy atom. The highest BCUT2D eigenvalue weighted by molar-refractivity contribution is 9.10. The van der Waals surface area contributed by atoms with Gasteiger partial charge in [-0.2, -0.15) is 14.8 Å². The molecule has 2 heterocycles. The highest BCUT2D eigenvalue weighted by atomic mass is 79.9. The fourth-order valence-corrected chi connectivity index (χ4v) is 3.84. The number of fused-ring (bicyclic) bond motifs is 1. The lowest BCUT2D eigenvalue weighted by Gasteiger charge is -2.10. The number of aryl methyl sites for hydroxylation is 2. The van der Waals surface area contributed by atoms with E-state index in [0.29, 0.717) is 28.0 Å². The first-order chi connectivity index (χ1) is 15.0. The number of aromatic nitrogens is 4. The summed E-state index contributed by atoms with van der Waals surface area (Å²) in [7, 11) is 0. The molecule has 0 N–H and O–H groups in total. The molecule has 5 aromatic rings. The van der Waals surface area contributed by atoms with Crippen molar-refractivity contribution < 1.29 is 4.52 Å². The molecule has 3 aromatic carbocycles. The highest BCUT2D eigenvalue weighted by Gasteiger charge is 2.19. The van der Waals surface area contributed by atoms with Gasteiger partial charge in [-0.1, -0.05) is 57.5 Å². The standard InChI is InChI=1S/C24H17BrN4O2/c1-14-10-11-18(12-15(14)2)29-24(30)20-9-4-3-8-19(20)21(27-29)23-26-22(28-31-23)16-6-5-7-17(25)13-16/h3-13H,1-2H3. The fraction of sp³-hybridized carbons (Fsp3) is 0.0833. The third-order valence-corrected chi connectivity index (χ3v) is 5.74. The minimum absolute atomic E-state index is 0.200. The van der Waals surface area contributed by atoms with Gasteiger partial charge in [-0.25, -0.2) is 0 Å². The fourth-order valence-electron chi connectivity index (χ4n) is 3.44. The molecule has 0 atom stereocenters. The van der Waals surface area contributed by atoms with Crippen LogP contribution in [0.15, 0.2) is 80.5 Å². The molecule has 7 heteroatoms. The summed E-state index contributed by atoms with van der Waals surface area (Å²) in [6.45, 7) is 4.04. The van der Waals surface area contributed by atoms with Crippen molar-refractivity contribution in [3.8, 4) is 28.7 Å². The molecule has 0 radical (unpaired) electrons. The SMILES string of the molecule is Cc1ccc(-n2nc(-c3nc(-c4cccc(Br)c4)no3)c3ccccc3c2=O)cc1C. The van der Waals surface area contributed by atoms with Crippen LogP contribution in [-0.2, 0) is 0 Å². The second-order valence-corrected chi connectivity index (χ2v) is 8.23. The Kier molecular flexibility index (Phi) is 4.75.